The topological polar surface area (TPSA) is 12.0 Å². The van der Waals surface area contributed by atoms with Crippen molar-refractivity contribution in [3.8, 4) is 0 Å². The zero-order valence-corrected chi connectivity index (χ0v) is 16.0. The fraction of sp³-hybridized carbons (Fsp3) is 0.444. The second-order valence-corrected chi connectivity index (χ2v) is 8.72. The second kappa shape index (κ2) is 8.30. The number of rotatable bonds is 7. The van der Waals surface area contributed by atoms with Crippen LogP contribution in [0, 0.1) is 8.80 Å². The highest BCUT2D eigenvalue weighted by molar-refractivity contribution is 14.1. The summed E-state index contributed by atoms with van der Waals surface area (Å²) in [5.41, 5.74) is 4.18. The van der Waals surface area contributed by atoms with E-state index in [-0.39, 0.29) is 0 Å². The molecule has 1 N–H and O–H groups in total. The Morgan fingerprint density at radius 3 is 2.38 bits per heavy atom. The van der Waals surface area contributed by atoms with Crippen LogP contribution in [0.5, 0.6) is 0 Å². The number of halogens is 1. The summed E-state index contributed by atoms with van der Waals surface area (Å²) in [7, 11) is 0. The summed E-state index contributed by atoms with van der Waals surface area (Å²) < 4.78 is 1.35. The molecule has 2 rings (SSSR count). The van der Waals surface area contributed by atoms with E-state index in [0.717, 1.165) is 19.4 Å². The first-order valence-electron chi connectivity index (χ1n) is 7.66. The van der Waals surface area contributed by atoms with Crippen LogP contribution in [0.2, 0.25) is 0 Å². The molecular formula is C18H24INS. The van der Waals surface area contributed by atoms with Gasteiger partial charge in [0.05, 0.1) is 8.93 Å². The van der Waals surface area contributed by atoms with Crippen molar-refractivity contribution in [1.29, 1.82) is 0 Å². The highest BCUT2D eigenvalue weighted by Crippen LogP contribution is 2.28. The molecule has 3 heteroatoms. The SMILES string of the molecule is CCCNC(c1ccc(CC(C)C)cc1)c1csc(I)c1. The maximum atomic E-state index is 3.68. The predicted molar refractivity (Wildman–Crippen MR) is 102 cm³/mol. The van der Waals surface area contributed by atoms with Gasteiger partial charge in [0.25, 0.3) is 0 Å². The smallest absolute Gasteiger partial charge is 0.0656 e. The molecule has 0 saturated heterocycles. The molecular weight excluding hydrogens is 389 g/mol. The van der Waals surface area contributed by atoms with Gasteiger partial charge in [-0.25, -0.2) is 0 Å². The van der Waals surface area contributed by atoms with E-state index in [4.69, 9.17) is 0 Å². The molecule has 0 fully saturated rings. The molecule has 0 bridgehead atoms. The van der Waals surface area contributed by atoms with Crippen LogP contribution in [-0.2, 0) is 6.42 Å². The van der Waals surface area contributed by atoms with Crippen molar-refractivity contribution in [3.05, 3.63) is 55.3 Å². The Labute approximate surface area is 146 Å². The lowest BCUT2D eigenvalue weighted by Crippen LogP contribution is -2.22. The van der Waals surface area contributed by atoms with Crippen molar-refractivity contribution >= 4 is 33.9 Å². The highest BCUT2D eigenvalue weighted by Gasteiger charge is 2.14. The normalized spacial score (nSPS) is 12.8. The molecule has 1 unspecified atom stereocenters. The van der Waals surface area contributed by atoms with Crippen LogP contribution < -0.4 is 5.32 Å². The van der Waals surface area contributed by atoms with Crippen LogP contribution >= 0.6 is 33.9 Å². The van der Waals surface area contributed by atoms with Crippen LogP contribution in [0.4, 0.5) is 0 Å². The van der Waals surface area contributed by atoms with E-state index < -0.39 is 0 Å². The van der Waals surface area contributed by atoms with E-state index in [1.54, 1.807) is 0 Å². The van der Waals surface area contributed by atoms with Gasteiger partial charge in [-0.1, -0.05) is 45.0 Å². The average molecular weight is 413 g/mol. The molecule has 1 heterocycles. The van der Waals surface area contributed by atoms with E-state index in [1.807, 2.05) is 11.3 Å². The molecule has 0 radical (unpaired) electrons. The van der Waals surface area contributed by atoms with E-state index in [2.05, 4.69) is 84.4 Å². The third kappa shape index (κ3) is 5.08. The first-order chi connectivity index (χ1) is 10.1. The van der Waals surface area contributed by atoms with Gasteiger partial charge in [0.15, 0.2) is 0 Å². The van der Waals surface area contributed by atoms with Crippen molar-refractivity contribution in [2.75, 3.05) is 6.54 Å². The van der Waals surface area contributed by atoms with Crippen molar-refractivity contribution < 1.29 is 0 Å². The Balaban J connectivity index is 2.20. The molecule has 1 nitrogen and oxygen atoms in total. The lowest BCUT2D eigenvalue weighted by Gasteiger charge is -2.18. The van der Waals surface area contributed by atoms with Gasteiger partial charge < -0.3 is 5.32 Å². The minimum Gasteiger partial charge on any atom is -0.306 e. The average Bonchev–Trinajstić information content (AvgIpc) is 2.87. The van der Waals surface area contributed by atoms with E-state index in [9.17, 15) is 0 Å². The molecule has 0 aliphatic rings. The van der Waals surface area contributed by atoms with E-state index in [1.165, 1.54) is 19.6 Å². The van der Waals surface area contributed by atoms with Crippen LogP contribution in [0.25, 0.3) is 0 Å². The van der Waals surface area contributed by atoms with Gasteiger partial charge in [-0.2, -0.15) is 0 Å². The van der Waals surface area contributed by atoms with Gasteiger partial charge in [0.1, 0.15) is 0 Å². The summed E-state index contributed by atoms with van der Waals surface area (Å²) in [5.74, 6) is 0.711. The lowest BCUT2D eigenvalue weighted by atomic mass is 9.97. The Hall–Kier alpha value is -0.390. The molecule has 0 saturated carbocycles. The third-order valence-corrected chi connectivity index (χ3v) is 5.28. The van der Waals surface area contributed by atoms with Gasteiger partial charge in [0, 0.05) is 0 Å². The molecule has 1 atom stereocenters. The zero-order chi connectivity index (χ0) is 15.2. The third-order valence-electron chi connectivity index (χ3n) is 3.48. The largest absolute Gasteiger partial charge is 0.306 e. The molecule has 0 amide bonds. The summed E-state index contributed by atoms with van der Waals surface area (Å²) in [6, 6.07) is 11.8. The lowest BCUT2D eigenvalue weighted by molar-refractivity contribution is 0.599. The maximum Gasteiger partial charge on any atom is 0.0656 e. The molecule has 1 aromatic carbocycles. The fourth-order valence-corrected chi connectivity index (χ4v) is 3.91. The second-order valence-electron chi connectivity index (χ2n) is 5.91. The number of nitrogens with one attached hydrogen (secondary N) is 1. The summed E-state index contributed by atoms with van der Waals surface area (Å²) in [5, 5.41) is 5.95. The summed E-state index contributed by atoms with van der Waals surface area (Å²) in [6.07, 6.45) is 2.31. The number of thiophene rings is 1. The highest BCUT2D eigenvalue weighted by atomic mass is 127. The number of hydrogen-bond acceptors (Lipinski definition) is 2. The first-order valence-corrected chi connectivity index (χ1v) is 9.62. The summed E-state index contributed by atoms with van der Waals surface area (Å²) >= 11 is 4.22. The Morgan fingerprint density at radius 1 is 1.14 bits per heavy atom. The fourth-order valence-electron chi connectivity index (χ4n) is 2.51. The molecule has 114 valence electrons. The Morgan fingerprint density at radius 2 is 1.86 bits per heavy atom. The number of benzene rings is 1. The molecule has 1 aromatic heterocycles. The van der Waals surface area contributed by atoms with Crippen molar-refractivity contribution in [3.63, 3.8) is 0 Å². The Bertz CT molecular complexity index is 545. The van der Waals surface area contributed by atoms with Gasteiger partial charge >= 0.3 is 0 Å². The minimum atomic E-state index is 0.317. The molecule has 0 aliphatic heterocycles. The Kier molecular flexibility index (Phi) is 6.71. The summed E-state index contributed by atoms with van der Waals surface area (Å²) in [6.45, 7) is 7.80. The van der Waals surface area contributed by atoms with Gasteiger partial charge in [-0.05, 0) is 76.0 Å². The van der Waals surface area contributed by atoms with E-state index in [0.29, 0.717) is 12.0 Å². The quantitative estimate of drug-likeness (QED) is 0.580. The molecule has 2 aromatic rings. The van der Waals surface area contributed by atoms with Crippen LogP contribution in [0.15, 0.2) is 35.7 Å². The van der Waals surface area contributed by atoms with Crippen molar-refractivity contribution in [1.82, 2.24) is 5.32 Å². The predicted octanol–water partition coefficient (Wildman–Crippen LogP) is 5.64. The van der Waals surface area contributed by atoms with E-state index >= 15 is 0 Å². The monoisotopic (exact) mass is 413 g/mol. The van der Waals surface area contributed by atoms with Gasteiger partial charge in [-0.15, -0.1) is 11.3 Å². The first kappa shape index (κ1) is 17.0. The zero-order valence-electron chi connectivity index (χ0n) is 13.0. The molecule has 21 heavy (non-hydrogen) atoms. The molecule has 0 aliphatic carbocycles. The van der Waals surface area contributed by atoms with Crippen LogP contribution in [0.1, 0.15) is 49.9 Å². The minimum absolute atomic E-state index is 0.317. The molecule has 0 spiro atoms. The standard InChI is InChI=1S/C18H24INS/c1-4-9-20-18(16-11-17(19)21-12-16)15-7-5-14(6-8-15)10-13(2)3/h5-8,11-13,18,20H,4,9-10H2,1-3H3. The van der Waals surface area contributed by atoms with Crippen LogP contribution in [-0.4, -0.2) is 6.54 Å². The van der Waals surface area contributed by atoms with Crippen molar-refractivity contribution in [2.24, 2.45) is 5.92 Å². The summed E-state index contributed by atoms with van der Waals surface area (Å²) in [4.78, 5) is 0. The number of hydrogen-bond donors (Lipinski definition) is 1. The van der Waals surface area contributed by atoms with Gasteiger partial charge in [-0.3, -0.25) is 0 Å². The van der Waals surface area contributed by atoms with Crippen LogP contribution in [0.3, 0.4) is 0 Å². The van der Waals surface area contributed by atoms with Gasteiger partial charge in [0.2, 0.25) is 0 Å². The van der Waals surface area contributed by atoms with Crippen molar-refractivity contribution in [2.45, 2.75) is 39.7 Å². The maximum absolute atomic E-state index is 3.68.